The summed E-state index contributed by atoms with van der Waals surface area (Å²) in [6, 6.07) is 2.62. The molecular weight excluding hydrogens is 274 g/mol. The molecule has 0 radical (unpaired) electrons. The first-order valence-corrected chi connectivity index (χ1v) is 6.85. The van der Waals surface area contributed by atoms with Crippen LogP contribution in [0.5, 0.6) is 5.88 Å². The molecule has 1 rings (SSSR count). The van der Waals surface area contributed by atoms with Crippen LogP contribution >= 0.6 is 0 Å². The molecule has 0 saturated heterocycles. The maximum absolute atomic E-state index is 11.9. The van der Waals surface area contributed by atoms with E-state index in [1.54, 1.807) is 25.4 Å². The summed E-state index contributed by atoms with van der Waals surface area (Å²) >= 11 is 0. The van der Waals surface area contributed by atoms with E-state index in [9.17, 15) is 9.90 Å². The van der Waals surface area contributed by atoms with Crippen molar-refractivity contribution in [2.75, 3.05) is 25.6 Å². The van der Waals surface area contributed by atoms with Crippen LogP contribution in [0.1, 0.15) is 20.3 Å². The number of aliphatic hydroxyl groups excluding tert-OH is 1. The maximum atomic E-state index is 11.9. The van der Waals surface area contributed by atoms with Crippen molar-refractivity contribution in [2.45, 2.75) is 32.4 Å². The van der Waals surface area contributed by atoms with E-state index in [2.05, 4.69) is 15.6 Å². The fourth-order valence-electron chi connectivity index (χ4n) is 1.62. The van der Waals surface area contributed by atoms with Crippen molar-refractivity contribution < 1.29 is 19.4 Å². The molecule has 0 bridgehead atoms. The summed E-state index contributed by atoms with van der Waals surface area (Å²) in [4.78, 5) is 16.0. The Morgan fingerprint density at radius 2 is 2.24 bits per heavy atom. The summed E-state index contributed by atoms with van der Waals surface area (Å²) in [7, 11) is 1.57. The van der Waals surface area contributed by atoms with Crippen molar-refractivity contribution in [3.8, 4) is 5.88 Å². The molecule has 7 heteroatoms. The molecule has 0 spiro atoms. The highest BCUT2D eigenvalue weighted by Crippen LogP contribution is 2.21. The lowest BCUT2D eigenvalue weighted by atomic mass is 10.2. The van der Waals surface area contributed by atoms with Gasteiger partial charge in [0.05, 0.1) is 18.8 Å². The van der Waals surface area contributed by atoms with Crippen molar-refractivity contribution in [3.05, 3.63) is 18.3 Å². The van der Waals surface area contributed by atoms with Gasteiger partial charge in [-0.05, 0) is 32.4 Å². The lowest BCUT2D eigenvalue weighted by Gasteiger charge is -2.17. The van der Waals surface area contributed by atoms with Crippen LogP contribution < -0.4 is 15.4 Å². The van der Waals surface area contributed by atoms with Gasteiger partial charge in [-0.15, -0.1) is 0 Å². The topological polar surface area (TPSA) is 92.7 Å². The first kappa shape index (κ1) is 17.2. The van der Waals surface area contributed by atoms with Crippen molar-refractivity contribution in [3.63, 3.8) is 0 Å². The normalized spacial score (nSPS) is 12.0. The van der Waals surface area contributed by atoms with E-state index in [-0.39, 0.29) is 18.8 Å². The van der Waals surface area contributed by atoms with Crippen molar-refractivity contribution in [2.24, 2.45) is 0 Å². The second-order valence-corrected chi connectivity index (χ2v) is 4.78. The van der Waals surface area contributed by atoms with Crippen LogP contribution in [-0.4, -0.2) is 48.6 Å². The van der Waals surface area contributed by atoms with Gasteiger partial charge in [-0.3, -0.25) is 0 Å². The average molecular weight is 297 g/mol. The lowest BCUT2D eigenvalue weighted by Crippen LogP contribution is -2.41. The number of ether oxygens (including phenoxy) is 2. The van der Waals surface area contributed by atoms with Gasteiger partial charge in [0.15, 0.2) is 0 Å². The molecule has 1 aromatic rings. The number of rotatable bonds is 8. The number of carbonyl (C=O) groups excluding carboxylic acids is 1. The molecule has 0 aliphatic heterocycles. The zero-order chi connectivity index (χ0) is 15.7. The highest BCUT2D eigenvalue weighted by molar-refractivity contribution is 5.90. The SMILES string of the molecule is COCC[C@H](CO)NC(=O)Nc1cccnc1OC(C)C. The van der Waals surface area contributed by atoms with Crippen molar-refractivity contribution >= 4 is 11.7 Å². The zero-order valence-corrected chi connectivity index (χ0v) is 12.6. The lowest BCUT2D eigenvalue weighted by molar-refractivity contribution is 0.161. The number of nitrogens with zero attached hydrogens (tertiary/aromatic N) is 1. The Bertz CT molecular complexity index is 440. The number of hydrogen-bond donors (Lipinski definition) is 3. The Morgan fingerprint density at radius 3 is 2.86 bits per heavy atom. The van der Waals surface area contributed by atoms with Gasteiger partial charge in [-0.25, -0.2) is 9.78 Å². The standard InChI is InChI=1S/C14H23N3O4/c1-10(2)21-13-12(5-4-7-15-13)17-14(19)16-11(9-18)6-8-20-3/h4-5,7,10-11,18H,6,8-9H2,1-3H3,(H2,16,17,19)/t11-/m1/s1. The number of amides is 2. The predicted molar refractivity (Wildman–Crippen MR) is 79.5 cm³/mol. The van der Waals surface area contributed by atoms with Gasteiger partial charge in [0.25, 0.3) is 0 Å². The first-order valence-electron chi connectivity index (χ1n) is 6.85. The van der Waals surface area contributed by atoms with Gasteiger partial charge in [-0.2, -0.15) is 0 Å². The third-order valence-corrected chi connectivity index (χ3v) is 2.59. The predicted octanol–water partition coefficient (Wildman–Crippen LogP) is 1.39. The number of hydrogen-bond acceptors (Lipinski definition) is 5. The molecular formula is C14H23N3O4. The Hall–Kier alpha value is -1.86. The van der Waals surface area contributed by atoms with Gasteiger partial charge < -0.3 is 25.2 Å². The van der Waals surface area contributed by atoms with Gasteiger partial charge in [0.1, 0.15) is 5.69 Å². The number of urea groups is 1. The molecule has 1 aromatic heterocycles. The monoisotopic (exact) mass is 297 g/mol. The summed E-state index contributed by atoms with van der Waals surface area (Å²) in [6.07, 6.45) is 2.08. The molecule has 1 atom stereocenters. The van der Waals surface area contributed by atoms with Crippen LogP contribution in [0, 0.1) is 0 Å². The van der Waals surface area contributed by atoms with Crippen molar-refractivity contribution in [1.82, 2.24) is 10.3 Å². The Labute approximate surface area is 124 Å². The van der Waals surface area contributed by atoms with E-state index >= 15 is 0 Å². The van der Waals surface area contributed by atoms with Gasteiger partial charge in [0, 0.05) is 19.9 Å². The molecule has 0 aliphatic carbocycles. The fourth-order valence-corrected chi connectivity index (χ4v) is 1.62. The van der Waals surface area contributed by atoms with Gasteiger partial charge in [0.2, 0.25) is 5.88 Å². The quantitative estimate of drug-likeness (QED) is 0.674. The summed E-state index contributed by atoms with van der Waals surface area (Å²) in [5.74, 6) is 0.361. The highest BCUT2D eigenvalue weighted by atomic mass is 16.5. The molecule has 0 saturated carbocycles. The molecule has 21 heavy (non-hydrogen) atoms. The molecule has 3 N–H and O–H groups in total. The minimum absolute atomic E-state index is 0.0459. The first-order chi connectivity index (χ1) is 10.1. The summed E-state index contributed by atoms with van der Waals surface area (Å²) in [5.41, 5.74) is 0.479. The Balaban J connectivity index is 2.61. The second kappa shape index (κ2) is 9.15. The van der Waals surface area contributed by atoms with E-state index in [0.717, 1.165) is 0 Å². The third kappa shape index (κ3) is 6.42. The number of aliphatic hydroxyl groups is 1. The van der Waals surface area contributed by atoms with Crippen LogP contribution in [0.15, 0.2) is 18.3 Å². The van der Waals surface area contributed by atoms with E-state index in [4.69, 9.17) is 9.47 Å². The summed E-state index contributed by atoms with van der Waals surface area (Å²) in [6.45, 7) is 4.06. The minimum atomic E-state index is -0.424. The summed E-state index contributed by atoms with van der Waals surface area (Å²) in [5, 5.41) is 14.5. The molecule has 1 heterocycles. The minimum Gasteiger partial charge on any atom is -0.473 e. The van der Waals surface area contributed by atoms with Crippen LogP contribution in [0.3, 0.4) is 0 Å². The van der Waals surface area contributed by atoms with Crippen LogP contribution in [0.2, 0.25) is 0 Å². The molecule has 0 unspecified atom stereocenters. The van der Waals surface area contributed by atoms with Gasteiger partial charge in [-0.1, -0.05) is 0 Å². The average Bonchev–Trinajstić information content (AvgIpc) is 2.45. The number of carbonyl (C=O) groups is 1. The highest BCUT2D eigenvalue weighted by Gasteiger charge is 2.14. The van der Waals surface area contributed by atoms with E-state index < -0.39 is 6.03 Å². The van der Waals surface area contributed by atoms with Gasteiger partial charge >= 0.3 is 6.03 Å². The van der Waals surface area contributed by atoms with E-state index in [1.165, 1.54) is 0 Å². The number of methoxy groups -OCH3 is 1. The van der Waals surface area contributed by atoms with Crippen molar-refractivity contribution in [1.29, 1.82) is 0 Å². The largest absolute Gasteiger partial charge is 0.473 e. The molecule has 0 fully saturated rings. The smallest absolute Gasteiger partial charge is 0.319 e. The Morgan fingerprint density at radius 1 is 1.48 bits per heavy atom. The number of nitrogens with one attached hydrogen (secondary N) is 2. The molecule has 118 valence electrons. The zero-order valence-electron chi connectivity index (χ0n) is 12.6. The number of pyridine rings is 1. The fraction of sp³-hybridized carbons (Fsp3) is 0.571. The summed E-state index contributed by atoms with van der Waals surface area (Å²) < 4.78 is 10.4. The van der Waals surface area contributed by atoms with E-state index in [0.29, 0.717) is 24.6 Å². The Kier molecular flexibility index (Phi) is 7.49. The number of anilines is 1. The number of aromatic nitrogens is 1. The molecule has 0 aliphatic rings. The maximum Gasteiger partial charge on any atom is 0.319 e. The molecule has 7 nitrogen and oxygen atoms in total. The molecule has 2 amide bonds. The van der Waals surface area contributed by atoms with Crippen LogP contribution in [0.25, 0.3) is 0 Å². The van der Waals surface area contributed by atoms with E-state index in [1.807, 2.05) is 13.8 Å². The van der Waals surface area contributed by atoms with Crippen LogP contribution in [0.4, 0.5) is 10.5 Å². The van der Waals surface area contributed by atoms with Crippen LogP contribution in [-0.2, 0) is 4.74 Å². The third-order valence-electron chi connectivity index (χ3n) is 2.59. The second-order valence-electron chi connectivity index (χ2n) is 4.78. The molecule has 0 aromatic carbocycles.